The third-order valence-electron chi connectivity index (χ3n) is 2.83. The van der Waals surface area contributed by atoms with Gasteiger partial charge in [0.1, 0.15) is 5.82 Å². The number of hydrogen-bond donors (Lipinski definition) is 1. The minimum absolute atomic E-state index is 0.418. The highest BCUT2D eigenvalue weighted by Gasteiger charge is 2.35. The SMILES string of the molecule is CCCNC(c1cccc(F)c1)c1cnc(C(F)(F)F)s1. The molecule has 1 unspecified atom stereocenters. The Morgan fingerprint density at radius 1 is 1.33 bits per heavy atom. The number of rotatable bonds is 5. The van der Waals surface area contributed by atoms with E-state index in [-0.39, 0.29) is 0 Å². The van der Waals surface area contributed by atoms with Crippen LogP contribution in [0.3, 0.4) is 0 Å². The summed E-state index contributed by atoms with van der Waals surface area (Å²) in [7, 11) is 0. The third kappa shape index (κ3) is 4.01. The van der Waals surface area contributed by atoms with Crippen molar-refractivity contribution in [1.29, 1.82) is 0 Å². The molecule has 0 aliphatic heterocycles. The van der Waals surface area contributed by atoms with E-state index in [1.165, 1.54) is 24.4 Å². The monoisotopic (exact) mass is 318 g/mol. The summed E-state index contributed by atoms with van der Waals surface area (Å²) in [5.74, 6) is -0.420. The summed E-state index contributed by atoms with van der Waals surface area (Å²) in [6.45, 7) is 2.56. The lowest BCUT2D eigenvalue weighted by Crippen LogP contribution is -2.22. The first-order valence-electron chi connectivity index (χ1n) is 6.43. The summed E-state index contributed by atoms with van der Waals surface area (Å²) in [4.78, 5) is 3.84. The summed E-state index contributed by atoms with van der Waals surface area (Å²) < 4.78 is 51.3. The molecule has 2 rings (SSSR count). The molecule has 1 N–H and O–H groups in total. The summed E-state index contributed by atoms with van der Waals surface area (Å²) in [5.41, 5.74) is 0.584. The van der Waals surface area contributed by atoms with Crippen LogP contribution in [0, 0.1) is 5.82 Å². The average Bonchev–Trinajstić information content (AvgIpc) is 2.89. The van der Waals surface area contributed by atoms with Gasteiger partial charge in [0.2, 0.25) is 0 Å². The van der Waals surface area contributed by atoms with Crippen LogP contribution in [0.15, 0.2) is 30.5 Å². The number of nitrogens with one attached hydrogen (secondary N) is 1. The molecule has 1 aromatic heterocycles. The van der Waals surface area contributed by atoms with Crippen LogP contribution >= 0.6 is 11.3 Å². The number of nitrogens with zero attached hydrogens (tertiary/aromatic N) is 1. The smallest absolute Gasteiger partial charge is 0.306 e. The number of benzene rings is 1. The van der Waals surface area contributed by atoms with Gasteiger partial charge < -0.3 is 5.32 Å². The first-order valence-corrected chi connectivity index (χ1v) is 7.25. The largest absolute Gasteiger partial charge is 0.443 e. The third-order valence-corrected chi connectivity index (χ3v) is 3.94. The van der Waals surface area contributed by atoms with Crippen LogP contribution in [0.25, 0.3) is 0 Å². The van der Waals surface area contributed by atoms with Crippen molar-refractivity contribution in [2.75, 3.05) is 6.54 Å². The van der Waals surface area contributed by atoms with Gasteiger partial charge in [-0.25, -0.2) is 9.37 Å². The molecule has 0 aliphatic rings. The molecule has 2 nitrogen and oxygen atoms in total. The molecular formula is C14H14F4N2S. The fraction of sp³-hybridized carbons (Fsp3) is 0.357. The highest BCUT2D eigenvalue weighted by molar-refractivity contribution is 7.11. The minimum atomic E-state index is -4.46. The van der Waals surface area contributed by atoms with Crippen molar-refractivity contribution >= 4 is 11.3 Å². The molecule has 1 aromatic carbocycles. The second-order valence-electron chi connectivity index (χ2n) is 4.51. The van der Waals surface area contributed by atoms with Gasteiger partial charge in [-0.1, -0.05) is 19.1 Å². The zero-order valence-electron chi connectivity index (χ0n) is 11.2. The number of hydrogen-bond acceptors (Lipinski definition) is 3. The minimum Gasteiger partial charge on any atom is -0.306 e. The van der Waals surface area contributed by atoms with Crippen LogP contribution in [-0.2, 0) is 6.18 Å². The van der Waals surface area contributed by atoms with Crippen LogP contribution in [-0.4, -0.2) is 11.5 Å². The van der Waals surface area contributed by atoms with Crippen molar-refractivity contribution in [2.45, 2.75) is 25.6 Å². The summed E-state index contributed by atoms with van der Waals surface area (Å²) in [5, 5.41) is 2.24. The maximum atomic E-state index is 13.3. The molecule has 1 heterocycles. The molecule has 2 aromatic rings. The number of halogens is 4. The van der Waals surface area contributed by atoms with E-state index in [1.54, 1.807) is 6.07 Å². The van der Waals surface area contributed by atoms with E-state index in [1.807, 2.05) is 6.92 Å². The predicted molar refractivity (Wildman–Crippen MR) is 73.7 cm³/mol. The lowest BCUT2D eigenvalue weighted by Gasteiger charge is -2.17. The Hall–Kier alpha value is -1.47. The van der Waals surface area contributed by atoms with E-state index >= 15 is 0 Å². The van der Waals surface area contributed by atoms with E-state index in [9.17, 15) is 17.6 Å². The van der Waals surface area contributed by atoms with Crippen molar-refractivity contribution < 1.29 is 17.6 Å². The highest BCUT2D eigenvalue weighted by atomic mass is 32.1. The Morgan fingerprint density at radius 3 is 2.67 bits per heavy atom. The molecule has 0 spiro atoms. The fourth-order valence-corrected chi connectivity index (χ4v) is 2.80. The zero-order valence-corrected chi connectivity index (χ0v) is 12.1. The molecule has 7 heteroatoms. The van der Waals surface area contributed by atoms with Gasteiger partial charge in [0.25, 0.3) is 0 Å². The molecule has 1 atom stereocenters. The van der Waals surface area contributed by atoms with Gasteiger partial charge in [0.05, 0.1) is 6.04 Å². The molecular weight excluding hydrogens is 304 g/mol. The Balaban J connectivity index is 2.34. The standard InChI is InChI=1S/C14H14F4N2S/c1-2-6-19-12(9-4-3-5-10(15)7-9)11-8-20-13(21-11)14(16,17)18/h3-5,7-8,12,19H,2,6H2,1H3. The van der Waals surface area contributed by atoms with Crippen LogP contribution in [0.4, 0.5) is 17.6 Å². The van der Waals surface area contributed by atoms with Gasteiger partial charge in [-0.15, -0.1) is 11.3 Å². The molecule has 0 saturated heterocycles. The summed E-state index contributed by atoms with van der Waals surface area (Å²) >= 11 is 0.578. The van der Waals surface area contributed by atoms with Crippen LogP contribution in [0.1, 0.15) is 34.8 Å². The van der Waals surface area contributed by atoms with Crippen molar-refractivity contribution in [3.8, 4) is 0 Å². The molecule has 114 valence electrons. The maximum Gasteiger partial charge on any atom is 0.443 e. The maximum absolute atomic E-state index is 13.3. The molecule has 0 saturated carbocycles. The van der Waals surface area contributed by atoms with Crippen LogP contribution in [0.5, 0.6) is 0 Å². The Morgan fingerprint density at radius 2 is 2.10 bits per heavy atom. The second kappa shape index (κ2) is 6.53. The predicted octanol–water partition coefficient (Wildman–Crippen LogP) is 4.39. The lowest BCUT2D eigenvalue weighted by molar-refractivity contribution is -0.137. The molecule has 0 radical (unpaired) electrons. The van der Waals surface area contributed by atoms with Gasteiger partial charge in [-0.3, -0.25) is 0 Å². The van der Waals surface area contributed by atoms with Gasteiger partial charge in [-0.2, -0.15) is 13.2 Å². The zero-order chi connectivity index (χ0) is 15.5. The lowest BCUT2D eigenvalue weighted by atomic mass is 10.1. The van der Waals surface area contributed by atoms with Crippen molar-refractivity contribution in [3.05, 3.63) is 51.7 Å². The van der Waals surface area contributed by atoms with Crippen LogP contribution in [0.2, 0.25) is 0 Å². The van der Waals surface area contributed by atoms with E-state index in [0.29, 0.717) is 28.3 Å². The molecule has 0 bridgehead atoms. The van der Waals surface area contributed by atoms with E-state index in [4.69, 9.17) is 0 Å². The number of alkyl halides is 3. The van der Waals surface area contributed by atoms with Gasteiger partial charge >= 0.3 is 6.18 Å². The topological polar surface area (TPSA) is 24.9 Å². The Labute approximate surface area is 123 Å². The van der Waals surface area contributed by atoms with Crippen molar-refractivity contribution in [3.63, 3.8) is 0 Å². The first-order chi connectivity index (χ1) is 9.91. The van der Waals surface area contributed by atoms with E-state index in [2.05, 4.69) is 10.3 Å². The Bertz CT molecular complexity index is 595. The quantitative estimate of drug-likeness (QED) is 0.827. The summed E-state index contributed by atoms with van der Waals surface area (Å²) in [6.07, 6.45) is -2.44. The second-order valence-corrected chi connectivity index (χ2v) is 5.57. The normalized spacial score (nSPS) is 13.4. The van der Waals surface area contributed by atoms with Gasteiger partial charge in [0, 0.05) is 11.1 Å². The van der Waals surface area contributed by atoms with Gasteiger partial charge in [-0.05, 0) is 30.7 Å². The fourth-order valence-electron chi connectivity index (χ4n) is 1.91. The Kier molecular flexibility index (Phi) is 4.95. The first kappa shape index (κ1) is 15.9. The molecule has 21 heavy (non-hydrogen) atoms. The molecule has 0 amide bonds. The highest BCUT2D eigenvalue weighted by Crippen LogP contribution is 2.36. The van der Waals surface area contributed by atoms with E-state index < -0.39 is 23.0 Å². The average molecular weight is 318 g/mol. The van der Waals surface area contributed by atoms with Crippen molar-refractivity contribution in [1.82, 2.24) is 10.3 Å². The molecule has 0 fully saturated rings. The van der Waals surface area contributed by atoms with Gasteiger partial charge in [0.15, 0.2) is 5.01 Å². The van der Waals surface area contributed by atoms with Crippen molar-refractivity contribution in [2.24, 2.45) is 0 Å². The van der Waals surface area contributed by atoms with Crippen LogP contribution < -0.4 is 5.32 Å². The molecule has 0 aliphatic carbocycles. The number of thiazole rings is 1. The summed E-state index contributed by atoms with van der Waals surface area (Å²) in [6, 6.07) is 5.35. The number of aromatic nitrogens is 1. The van der Waals surface area contributed by atoms with E-state index in [0.717, 1.165) is 6.42 Å².